The van der Waals surface area contributed by atoms with Gasteiger partial charge in [0.15, 0.2) is 0 Å². The van der Waals surface area contributed by atoms with Crippen LogP contribution in [0.1, 0.15) is 21.4 Å². The zero-order valence-corrected chi connectivity index (χ0v) is 10.8. The lowest BCUT2D eigenvalue weighted by atomic mass is 10.2. The first-order valence-electron chi connectivity index (χ1n) is 4.97. The van der Waals surface area contributed by atoms with Gasteiger partial charge in [-0.3, -0.25) is 4.79 Å². The predicted octanol–water partition coefficient (Wildman–Crippen LogP) is 2.57. The predicted molar refractivity (Wildman–Crippen MR) is 66.1 cm³/mol. The topological polar surface area (TPSA) is 42.9 Å². The normalized spacial score (nSPS) is 10.6. The van der Waals surface area contributed by atoms with Crippen LogP contribution in [-0.4, -0.2) is 15.8 Å². The van der Waals surface area contributed by atoms with Crippen molar-refractivity contribution in [1.82, 2.24) is 9.97 Å². The van der Waals surface area contributed by atoms with Crippen LogP contribution in [0.15, 0.2) is 10.8 Å². The molecule has 0 aromatic carbocycles. The van der Waals surface area contributed by atoms with Gasteiger partial charge in [0.2, 0.25) is 0 Å². The number of nitrogens with zero attached hydrogens (tertiary/aromatic N) is 2. The van der Waals surface area contributed by atoms with Gasteiger partial charge in [0, 0.05) is 22.9 Å². The molecule has 0 bridgehead atoms. The van der Waals surface area contributed by atoms with Gasteiger partial charge in [0.25, 0.3) is 0 Å². The van der Waals surface area contributed by atoms with E-state index in [9.17, 15) is 4.79 Å². The van der Waals surface area contributed by atoms with Crippen molar-refractivity contribution in [1.29, 1.82) is 0 Å². The van der Waals surface area contributed by atoms with Crippen molar-refractivity contribution >= 4 is 28.5 Å². The Kier molecular flexibility index (Phi) is 3.46. The van der Waals surface area contributed by atoms with E-state index in [1.807, 2.05) is 24.6 Å². The molecule has 84 valence electrons. The van der Waals surface area contributed by atoms with E-state index in [1.165, 1.54) is 0 Å². The number of carbonyl (C=O) groups excluding carboxylic acids is 1. The number of carbonyl (C=O) groups is 1. The molecule has 0 saturated heterocycles. The first-order valence-corrected chi connectivity index (χ1v) is 6.73. The van der Waals surface area contributed by atoms with E-state index < -0.39 is 0 Å². The minimum absolute atomic E-state index is 0.180. The fraction of sp³-hybridized carbons (Fsp3) is 0.364. The highest BCUT2D eigenvalue weighted by atomic mass is 32.1. The number of hydrogen-bond donors (Lipinski definition) is 0. The first kappa shape index (κ1) is 11.4. The van der Waals surface area contributed by atoms with Gasteiger partial charge in [0.1, 0.15) is 10.8 Å². The summed E-state index contributed by atoms with van der Waals surface area (Å²) < 4.78 is 0. The highest BCUT2D eigenvalue weighted by Crippen LogP contribution is 2.12. The van der Waals surface area contributed by atoms with Gasteiger partial charge in [-0.2, -0.15) is 0 Å². The van der Waals surface area contributed by atoms with Gasteiger partial charge in [-0.1, -0.05) is 0 Å². The molecule has 3 nitrogen and oxygen atoms in total. The Hall–Kier alpha value is -1.07. The molecule has 0 N–H and O–H groups in total. The van der Waals surface area contributed by atoms with Gasteiger partial charge < -0.3 is 0 Å². The molecule has 0 saturated carbocycles. The summed E-state index contributed by atoms with van der Waals surface area (Å²) in [6.07, 6.45) is 0.845. The standard InChI is InChI=1S/C11H12N2OS2/c1-7-5-16-11(12-7)4-10(14)3-9-6-15-8(2)13-9/h5-6H,3-4H2,1-2H3. The summed E-state index contributed by atoms with van der Waals surface area (Å²) in [7, 11) is 0. The fourth-order valence-electron chi connectivity index (χ4n) is 1.41. The fourth-order valence-corrected chi connectivity index (χ4v) is 2.82. The molecule has 2 aromatic rings. The third-order valence-corrected chi connectivity index (χ3v) is 3.85. The maximum atomic E-state index is 11.7. The zero-order chi connectivity index (χ0) is 11.5. The highest BCUT2D eigenvalue weighted by molar-refractivity contribution is 7.10. The zero-order valence-electron chi connectivity index (χ0n) is 9.19. The van der Waals surface area contributed by atoms with Gasteiger partial charge in [-0.05, 0) is 13.8 Å². The van der Waals surface area contributed by atoms with Gasteiger partial charge >= 0.3 is 0 Å². The lowest BCUT2D eigenvalue weighted by Crippen LogP contribution is -2.06. The molecule has 5 heteroatoms. The molecule has 0 amide bonds. The monoisotopic (exact) mass is 252 g/mol. The molecular formula is C11H12N2OS2. The molecule has 0 fully saturated rings. The summed E-state index contributed by atoms with van der Waals surface area (Å²) in [5, 5.41) is 5.82. The minimum Gasteiger partial charge on any atom is -0.299 e. The van der Waals surface area contributed by atoms with Gasteiger partial charge in [0.05, 0.1) is 17.1 Å². The Morgan fingerprint density at radius 1 is 1.19 bits per heavy atom. The van der Waals surface area contributed by atoms with E-state index in [-0.39, 0.29) is 5.78 Å². The van der Waals surface area contributed by atoms with Crippen molar-refractivity contribution in [2.24, 2.45) is 0 Å². The van der Waals surface area contributed by atoms with E-state index in [0.29, 0.717) is 12.8 Å². The SMILES string of the molecule is Cc1csc(CC(=O)Cc2csc(C)n2)n1. The summed E-state index contributed by atoms with van der Waals surface area (Å²) in [4.78, 5) is 20.3. The number of rotatable bonds is 4. The second kappa shape index (κ2) is 4.84. The Balaban J connectivity index is 1.94. The van der Waals surface area contributed by atoms with Crippen LogP contribution in [0.25, 0.3) is 0 Å². The second-order valence-corrected chi connectivity index (χ2v) is 5.64. The number of ketones is 1. The summed E-state index contributed by atoms with van der Waals surface area (Å²) >= 11 is 3.12. The number of hydrogen-bond acceptors (Lipinski definition) is 5. The third kappa shape index (κ3) is 2.96. The molecule has 0 unspecified atom stereocenters. The van der Waals surface area contributed by atoms with E-state index in [4.69, 9.17) is 0 Å². The van der Waals surface area contributed by atoms with Crippen LogP contribution in [-0.2, 0) is 17.6 Å². The van der Waals surface area contributed by atoms with Gasteiger partial charge in [-0.25, -0.2) is 9.97 Å². The Labute approximate surface area is 102 Å². The largest absolute Gasteiger partial charge is 0.299 e. The van der Waals surface area contributed by atoms with Crippen molar-refractivity contribution in [2.45, 2.75) is 26.7 Å². The number of aromatic nitrogens is 2. The van der Waals surface area contributed by atoms with E-state index >= 15 is 0 Å². The third-order valence-electron chi connectivity index (χ3n) is 2.06. The summed E-state index contributed by atoms with van der Waals surface area (Å²) in [5.41, 5.74) is 1.86. The van der Waals surface area contributed by atoms with Crippen LogP contribution >= 0.6 is 22.7 Å². The Bertz CT molecular complexity index is 457. The van der Waals surface area contributed by atoms with Crippen LogP contribution < -0.4 is 0 Å². The Morgan fingerprint density at radius 3 is 2.56 bits per heavy atom. The van der Waals surface area contributed by atoms with Crippen LogP contribution in [0.3, 0.4) is 0 Å². The molecule has 0 aliphatic heterocycles. The van der Waals surface area contributed by atoms with Crippen LogP contribution in [0.2, 0.25) is 0 Å². The van der Waals surface area contributed by atoms with Crippen molar-refractivity contribution in [2.75, 3.05) is 0 Å². The molecule has 2 aromatic heterocycles. The van der Waals surface area contributed by atoms with E-state index in [0.717, 1.165) is 21.4 Å². The minimum atomic E-state index is 0.180. The van der Waals surface area contributed by atoms with Crippen LogP contribution in [0.4, 0.5) is 0 Å². The molecule has 2 heterocycles. The second-order valence-electron chi connectivity index (χ2n) is 3.63. The lowest BCUT2D eigenvalue weighted by molar-refractivity contribution is -0.117. The summed E-state index contributed by atoms with van der Waals surface area (Å²) in [5.74, 6) is 0.180. The summed E-state index contributed by atoms with van der Waals surface area (Å²) in [6, 6.07) is 0. The van der Waals surface area contributed by atoms with Crippen LogP contribution in [0, 0.1) is 13.8 Å². The van der Waals surface area contributed by atoms with Gasteiger partial charge in [-0.15, -0.1) is 22.7 Å². The number of aryl methyl sites for hydroxylation is 2. The highest BCUT2D eigenvalue weighted by Gasteiger charge is 2.09. The van der Waals surface area contributed by atoms with Crippen molar-refractivity contribution in [3.8, 4) is 0 Å². The quantitative estimate of drug-likeness (QED) is 0.840. The number of Topliss-reactive ketones (excluding diaryl/α,β-unsaturated/α-hetero) is 1. The maximum Gasteiger partial charge on any atom is 0.145 e. The number of thiazole rings is 2. The van der Waals surface area contributed by atoms with Crippen molar-refractivity contribution < 1.29 is 4.79 Å². The van der Waals surface area contributed by atoms with E-state index in [1.54, 1.807) is 22.7 Å². The molecule has 0 spiro atoms. The van der Waals surface area contributed by atoms with E-state index in [2.05, 4.69) is 9.97 Å². The molecular weight excluding hydrogens is 240 g/mol. The van der Waals surface area contributed by atoms with Crippen molar-refractivity contribution in [3.05, 3.63) is 32.2 Å². The molecule has 0 atom stereocenters. The molecule has 0 radical (unpaired) electrons. The summed E-state index contributed by atoms with van der Waals surface area (Å²) in [6.45, 7) is 3.89. The smallest absolute Gasteiger partial charge is 0.145 e. The molecule has 0 aliphatic carbocycles. The van der Waals surface area contributed by atoms with Crippen LogP contribution in [0.5, 0.6) is 0 Å². The first-order chi connectivity index (χ1) is 7.63. The molecule has 2 rings (SSSR count). The average molecular weight is 252 g/mol. The van der Waals surface area contributed by atoms with Crippen molar-refractivity contribution in [3.63, 3.8) is 0 Å². The maximum absolute atomic E-state index is 11.7. The average Bonchev–Trinajstić information content (AvgIpc) is 2.76. The Morgan fingerprint density at radius 2 is 2.00 bits per heavy atom. The lowest BCUT2D eigenvalue weighted by Gasteiger charge is -1.94. The molecule has 0 aliphatic rings. The molecule has 16 heavy (non-hydrogen) atoms.